The van der Waals surface area contributed by atoms with Crippen LogP contribution in [0.15, 0.2) is 4.99 Å². The predicted molar refractivity (Wildman–Crippen MR) is 106 cm³/mol. The molecule has 2 saturated heterocycles. The Bertz CT molecular complexity index is 431. The van der Waals surface area contributed by atoms with Crippen LogP contribution in [0.5, 0.6) is 0 Å². The van der Waals surface area contributed by atoms with Crippen LogP contribution in [0.1, 0.15) is 46.5 Å². The van der Waals surface area contributed by atoms with Crippen LogP contribution < -0.4 is 5.32 Å². The van der Waals surface area contributed by atoms with Gasteiger partial charge in [0.1, 0.15) is 5.60 Å². The van der Waals surface area contributed by atoms with E-state index >= 15 is 0 Å². The van der Waals surface area contributed by atoms with E-state index in [0.29, 0.717) is 6.54 Å². The predicted octanol–water partition coefficient (Wildman–Crippen LogP) is 2.41. The van der Waals surface area contributed by atoms with Crippen molar-refractivity contribution in [2.75, 3.05) is 33.3 Å². The van der Waals surface area contributed by atoms with Crippen molar-refractivity contribution < 1.29 is 14.3 Å². The van der Waals surface area contributed by atoms with Crippen LogP contribution in [-0.4, -0.2) is 61.8 Å². The van der Waals surface area contributed by atoms with Gasteiger partial charge in [-0.3, -0.25) is 9.79 Å². The van der Waals surface area contributed by atoms with E-state index in [2.05, 4.69) is 15.2 Å². The first-order valence-corrected chi connectivity index (χ1v) is 8.69. The van der Waals surface area contributed by atoms with Crippen LogP contribution in [-0.2, 0) is 14.3 Å². The zero-order chi connectivity index (χ0) is 16.9. The van der Waals surface area contributed by atoms with Crippen molar-refractivity contribution in [3.05, 3.63) is 0 Å². The second-order valence-corrected chi connectivity index (χ2v) is 7.38. The van der Waals surface area contributed by atoms with Crippen molar-refractivity contribution in [2.24, 2.45) is 10.9 Å². The molecule has 2 rings (SSSR count). The molecule has 0 saturated carbocycles. The highest BCUT2D eigenvalue weighted by Gasteiger charge is 2.33. The quantitative estimate of drug-likeness (QED) is 0.308. The van der Waals surface area contributed by atoms with Crippen molar-refractivity contribution in [1.29, 1.82) is 0 Å². The van der Waals surface area contributed by atoms with Crippen molar-refractivity contribution in [1.82, 2.24) is 10.2 Å². The molecule has 2 atom stereocenters. The maximum atomic E-state index is 12.2. The number of aliphatic imine (C=N–C) groups is 1. The highest BCUT2D eigenvalue weighted by atomic mass is 127. The monoisotopic (exact) mass is 453 g/mol. The van der Waals surface area contributed by atoms with Crippen LogP contribution in [0.25, 0.3) is 0 Å². The number of ether oxygens (including phenoxy) is 2. The van der Waals surface area contributed by atoms with Gasteiger partial charge in [0, 0.05) is 33.3 Å². The SMILES string of the molecule is CN=C(NCC1CCCCO1)N1CCC(C(=O)OC(C)(C)C)C1.I. The second-order valence-electron chi connectivity index (χ2n) is 7.38. The standard InChI is InChI=1S/C17H31N3O3.HI/c1-17(2,3)23-15(21)13-8-9-20(12-13)16(18-4)19-11-14-7-5-6-10-22-14;/h13-14H,5-12H2,1-4H3,(H,18,19);1H. The van der Waals surface area contributed by atoms with E-state index in [-0.39, 0.29) is 42.0 Å². The smallest absolute Gasteiger partial charge is 0.311 e. The van der Waals surface area contributed by atoms with Gasteiger partial charge in [-0.25, -0.2) is 0 Å². The van der Waals surface area contributed by atoms with Gasteiger partial charge in [0.05, 0.1) is 12.0 Å². The van der Waals surface area contributed by atoms with Crippen LogP contribution in [0.4, 0.5) is 0 Å². The molecule has 0 amide bonds. The summed E-state index contributed by atoms with van der Waals surface area (Å²) in [6, 6.07) is 0. The Hall–Kier alpha value is -0.570. The number of nitrogens with one attached hydrogen (secondary N) is 1. The van der Waals surface area contributed by atoms with Crippen molar-refractivity contribution in [2.45, 2.75) is 58.2 Å². The van der Waals surface area contributed by atoms with Crippen LogP contribution in [0, 0.1) is 5.92 Å². The van der Waals surface area contributed by atoms with Crippen LogP contribution in [0.2, 0.25) is 0 Å². The number of halogens is 1. The summed E-state index contributed by atoms with van der Waals surface area (Å²) in [5, 5.41) is 3.39. The number of carbonyl (C=O) groups is 1. The number of rotatable bonds is 3. The van der Waals surface area contributed by atoms with Crippen LogP contribution >= 0.6 is 24.0 Å². The van der Waals surface area contributed by atoms with E-state index in [1.165, 1.54) is 6.42 Å². The maximum Gasteiger partial charge on any atom is 0.311 e. The van der Waals surface area contributed by atoms with Gasteiger partial charge in [-0.1, -0.05) is 0 Å². The number of hydrogen-bond donors (Lipinski definition) is 1. The average Bonchev–Trinajstić information content (AvgIpc) is 2.97. The first kappa shape index (κ1) is 21.5. The average molecular weight is 453 g/mol. The summed E-state index contributed by atoms with van der Waals surface area (Å²) in [4.78, 5) is 18.7. The lowest BCUT2D eigenvalue weighted by atomic mass is 10.1. The van der Waals surface area contributed by atoms with E-state index in [9.17, 15) is 4.79 Å². The molecule has 6 nitrogen and oxygen atoms in total. The number of guanidine groups is 1. The van der Waals surface area contributed by atoms with Crippen molar-refractivity contribution in [3.63, 3.8) is 0 Å². The number of likely N-dealkylation sites (tertiary alicyclic amines) is 1. The lowest BCUT2D eigenvalue weighted by Crippen LogP contribution is -2.44. The van der Waals surface area contributed by atoms with Crippen LogP contribution in [0.3, 0.4) is 0 Å². The largest absolute Gasteiger partial charge is 0.460 e. The Kier molecular flexibility index (Phi) is 8.76. The van der Waals surface area contributed by atoms with Gasteiger partial charge < -0.3 is 19.7 Å². The van der Waals surface area contributed by atoms with Crippen molar-refractivity contribution in [3.8, 4) is 0 Å². The van der Waals surface area contributed by atoms with Gasteiger partial charge in [-0.2, -0.15) is 0 Å². The minimum absolute atomic E-state index is 0. The van der Waals surface area contributed by atoms with Gasteiger partial charge in [-0.15, -0.1) is 24.0 Å². The Morgan fingerprint density at radius 3 is 2.67 bits per heavy atom. The molecule has 0 aromatic carbocycles. The third-order valence-electron chi connectivity index (χ3n) is 4.20. The summed E-state index contributed by atoms with van der Waals surface area (Å²) >= 11 is 0. The first-order valence-electron chi connectivity index (χ1n) is 8.69. The zero-order valence-corrected chi connectivity index (χ0v) is 17.7. The zero-order valence-electron chi connectivity index (χ0n) is 15.3. The Balaban J connectivity index is 0.00000288. The van der Waals surface area contributed by atoms with Gasteiger partial charge in [0.25, 0.3) is 0 Å². The van der Waals surface area contributed by atoms with E-state index in [0.717, 1.165) is 44.9 Å². The second kappa shape index (κ2) is 9.79. The molecule has 140 valence electrons. The normalized spacial score (nSPS) is 25.2. The molecule has 0 aliphatic carbocycles. The number of carbonyl (C=O) groups excluding carboxylic acids is 1. The molecule has 0 aromatic heterocycles. The first-order chi connectivity index (χ1) is 10.9. The van der Waals surface area contributed by atoms with E-state index in [1.807, 2.05) is 20.8 Å². The molecule has 0 spiro atoms. The Morgan fingerprint density at radius 2 is 2.08 bits per heavy atom. The van der Waals surface area contributed by atoms with E-state index in [4.69, 9.17) is 9.47 Å². The molecule has 7 heteroatoms. The van der Waals surface area contributed by atoms with E-state index < -0.39 is 5.60 Å². The van der Waals surface area contributed by atoms with Gasteiger partial charge in [0.15, 0.2) is 5.96 Å². The summed E-state index contributed by atoms with van der Waals surface area (Å²) < 4.78 is 11.2. The fourth-order valence-electron chi connectivity index (χ4n) is 3.04. The molecular weight excluding hydrogens is 421 g/mol. The van der Waals surface area contributed by atoms with Crippen molar-refractivity contribution >= 4 is 35.9 Å². The summed E-state index contributed by atoms with van der Waals surface area (Å²) in [5.41, 5.74) is -0.428. The molecule has 2 aliphatic rings. The molecule has 0 aromatic rings. The summed E-state index contributed by atoms with van der Waals surface area (Å²) in [5.74, 6) is 0.676. The topological polar surface area (TPSA) is 63.2 Å². The number of esters is 1. The molecule has 0 radical (unpaired) electrons. The molecule has 2 fully saturated rings. The Labute approximate surface area is 162 Å². The summed E-state index contributed by atoms with van der Waals surface area (Å²) in [6.07, 6.45) is 4.58. The van der Waals surface area contributed by atoms with Gasteiger partial charge >= 0.3 is 5.97 Å². The maximum absolute atomic E-state index is 12.2. The summed E-state index contributed by atoms with van der Waals surface area (Å²) in [7, 11) is 1.78. The summed E-state index contributed by atoms with van der Waals surface area (Å²) in [6.45, 7) is 8.84. The fraction of sp³-hybridized carbons (Fsp3) is 0.882. The minimum atomic E-state index is -0.428. The lowest BCUT2D eigenvalue weighted by molar-refractivity contribution is -0.159. The molecular formula is C17H32IN3O3. The highest BCUT2D eigenvalue weighted by Crippen LogP contribution is 2.21. The number of nitrogens with zero attached hydrogens (tertiary/aromatic N) is 2. The molecule has 2 heterocycles. The molecule has 24 heavy (non-hydrogen) atoms. The molecule has 2 unspecified atom stereocenters. The lowest BCUT2D eigenvalue weighted by Gasteiger charge is -2.27. The van der Waals surface area contributed by atoms with Gasteiger partial charge in [-0.05, 0) is 46.5 Å². The Morgan fingerprint density at radius 1 is 1.33 bits per heavy atom. The molecule has 2 aliphatic heterocycles. The van der Waals surface area contributed by atoms with Gasteiger partial charge in [0.2, 0.25) is 0 Å². The third kappa shape index (κ3) is 6.74. The molecule has 1 N–H and O–H groups in total. The minimum Gasteiger partial charge on any atom is -0.460 e. The highest BCUT2D eigenvalue weighted by molar-refractivity contribution is 14.0. The fourth-order valence-corrected chi connectivity index (χ4v) is 3.04. The van der Waals surface area contributed by atoms with E-state index in [1.54, 1.807) is 7.05 Å². The third-order valence-corrected chi connectivity index (χ3v) is 4.20. The molecule has 0 bridgehead atoms. The number of hydrogen-bond acceptors (Lipinski definition) is 4.